The van der Waals surface area contributed by atoms with Gasteiger partial charge in [0.2, 0.25) is 0 Å². The number of nitro benzene ring substituents is 1. The Balaban J connectivity index is 1.50. The minimum absolute atomic E-state index is 0.0119. The molecule has 0 saturated carbocycles. The third kappa shape index (κ3) is 4.57. The quantitative estimate of drug-likeness (QED) is 0.582. The highest BCUT2D eigenvalue weighted by Gasteiger charge is 2.22. The zero-order chi connectivity index (χ0) is 19.2. The second-order valence-corrected chi connectivity index (χ2v) is 5.68. The third-order valence-electron chi connectivity index (χ3n) is 3.82. The molecule has 1 amide bonds. The summed E-state index contributed by atoms with van der Waals surface area (Å²) in [6.45, 7) is 0.167. The fourth-order valence-electron chi connectivity index (χ4n) is 2.47. The number of carbonyl (C=O) groups is 1. The van der Waals surface area contributed by atoms with Crippen LogP contribution >= 0.6 is 0 Å². The van der Waals surface area contributed by atoms with Gasteiger partial charge in [0.1, 0.15) is 18.5 Å². The number of nitro groups is 1. The molecule has 9 nitrogen and oxygen atoms in total. The van der Waals surface area contributed by atoms with E-state index in [4.69, 9.17) is 18.9 Å². The van der Waals surface area contributed by atoms with Crippen LogP contribution in [-0.2, 0) is 4.79 Å². The van der Waals surface area contributed by atoms with E-state index in [9.17, 15) is 14.9 Å². The Hall–Kier alpha value is -3.49. The summed E-state index contributed by atoms with van der Waals surface area (Å²) < 4.78 is 21.5. The van der Waals surface area contributed by atoms with Crippen LogP contribution in [0.4, 0.5) is 5.69 Å². The molecule has 3 rings (SSSR count). The average molecular weight is 374 g/mol. The standard InChI is InChI=1S/C18H18N2O7/c1-24-12-6-7-15(14(8-12)20(22)23)26-11-18(21)19-9-13-10-25-16-4-2-3-5-17(16)27-13/h2-8,13H,9-11H2,1H3,(H,19,21)/t13-/m0/s1. The molecule has 0 spiro atoms. The molecule has 0 aromatic heterocycles. The minimum Gasteiger partial charge on any atom is -0.496 e. The number of amides is 1. The number of benzene rings is 2. The topological polar surface area (TPSA) is 109 Å². The molecule has 2 aromatic carbocycles. The van der Waals surface area contributed by atoms with E-state index in [1.54, 1.807) is 12.1 Å². The van der Waals surface area contributed by atoms with Crippen LogP contribution in [0.2, 0.25) is 0 Å². The molecular weight excluding hydrogens is 356 g/mol. The lowest BCUT2D eigenvalue weighted by atomic mass is 10.2. The van der Waals surface area contributed by atoms with Gasteiger partial charge >= 0.3 is 5.69 Å². The number of nitrogens with one attached hydrogen (secondary N) is 1. The van der Waals surface area contributed by atoms with Crippen LogP contribution in [0.25, 0.3) is 0 Å². The molecule has 0 fully saturated rings. The van der Waals surface area contributed by atoms with E-state index in [0.29, 0.717) is 23.9 Å². The monoisotopic (exact) mass is 374 g/mol. The van der Waals surface area contributed by atoms with Gasteiger partial charge in [-0.3, -0.25) is 14.9 Å². The van der Waals surface area contributed by atoms with Crippen molar-refractivity contribution in [2.75, 3.05) is 26.9 Å². The van der Waals surface area contributed by atoms with Gasteiger partial charge in [0, 0.05) is 0 Å². The molecule has 1 atom stereocenters. The minimum atomic E-state index is -0.597. The van der Waals surface area contributed by atoms with Crippen LogP contribution in [-0.4, -0.2) is 43.8 Å². The molecule has 0 aliphatic carbocycles. The number of rotatable bonds is 7. The number of fused-ring (bicyclic) bond motifs is 1. The second kappa shape index (κ2) is 8.26. The van der Waals surface area contributed by atoms with E-state index >= 15 is 0 Å². The van der Waals surface area contributed by atoms with Crippen molar-refractivity contribution in [2.24, 2.45) is 0 Å². The first-order valence-corrected chi connectivity index (χ1v) is 8.17. The lowest BCUT2D eigenvalue weighted by molar-refractivity contribution is -0.385. The lowest BCUT2D eigenvalue weighted by Crippen LogP contribution is -2.42. The molecule has 1 aliphatic rings. The second-order valence-electron chi connectivity index (χ2n) is 5.68. The summed E-state index contributed by atoms with van der Waals surface area (Å²) in [5, 5.41) is 13.8. The Morgan fingerprint density at radius 1 is 1.30 bits per heavy atom. The van der Waals surface area contributed by atoms with Gasteiger partial charge in [-0.25, -0.2) is 0 Å². The Bertz CT molecular complexity index is 840. The van der Waals surface area contributed by atoms with Gasteiger partial charge in [0.05, 0.1) is 24.6 Å². The van der Waals surface area contributed by atoms with Gasteiger partial charge in [0.25, 0.3) is 5.91 Å². The summed E-state index contributed by atoms with van der Waals surface area (Å²) in [5.41, 5.74) is -0.275. The number of ether oxygens (including phenoxy) is 4. The zero-order valence-corrected chi connectivity index (χ0v) is 14.5. The van der Waals surface area contributed by atoms with Gasteiger partial charge in [0.15, 0.2) is 23.9 Å². The molecular formula is C18H18N2O7. The van der Waals surface area contributed by atoms with Crippen molar-refractivity contribution in [1.82, 2.24) is 5.32 Å². The Kier molecular flexibility index (Phi) is 5.60. The molecule has 0 bridgehead atoms. The van der Waals surface area contributed by atoms with Crippen molar-refractivity contribution in [2.45, 2.75) is 6.10 Å². The predicted octanol–water partition coefficient (Wildman–Crippen LogP) is 1.94. The number of para-hydroxylation sites is 2. The number of nitrogens with zero attached hydrogens (tertiary/aromatic N) is 1. The summed E-state index contributed by atoms with van der Waals surface area (Å²) in [4.78, 5) is 22.5. The van der Waals surface area contributed by atoms with E-state index in [-0.39, 0.29) is 30.7 Å². The van der Waals surface area contributed by atoms with Crippen molar-refractivity contribution < 1.29 is 28.7 Å². The Morgan fingerprint density at radius 2 is 2.07 bits per heavy atom. The largest absolute Gasteiger partial charge is 0.496 e. The fourth-order valence-corrected chi connectivity index (χ4v) is 2.47. The van der Waals surface area contributed by atoms with Crippen molar-refractivity contribution in [3.63, 3.8) is 0 Å². The molecule has 142 valence electrons. The van der Waals surface area contributed by atoms with Gasteiger partial charge in [-0.1, -0.05) is 12.1 Å². The Labute approximate surface area is 154 Å². The summed E-state index contributed by atoms with van der Waals surface area (Å²) in [6, 6.07) is 11.4. The highest BCUT2D eigenvalue weighted by Crippen LogP contribution is 2.31. The molecule has 9 heteroatoms. The molecule has 27 heavy (non-hydrogen) atoms. The van der Waals surface area contributed by atoms with Crippen LogP contribution in [0.1, 0.15) is 0 Å². The maximum atomic E-state index is 12.0. The van der Waals surface area contributed by atoms with Crippen molar-refractivity contribution in [3.8, 4) is 23.0 Å². The van der Waals surface area contributed by atoms with Crippen molar-refractivity contribution in [1.29, 1.82) is 0 Å². The average Bonchev–Trinajstić information content (AvgIpc) is 2.70. The maximum Gasteiger partial charge on any atom is 0.314 e. The van der Waals surface area contributed by atoms with E-state index in [2.05, 4.69) is 5.32 Å². The highest BCUT2D eigenvalue weighted by atomic mass is 16.6. The lowest BCUT2D eigenvalue weighted by Gasteiger charge is -2.26. The zero-order valence-electron chi connectivity index (χ0n) is 14.5. The summed E-state index contributed by atoms with van der Waals surface area (Å²) in [7, 11) is 1.41. The predicted molar refractivity (Wildman–Crippen MR) is 94.5 cm³/mol. The van der Waals surface area contributed by atoms with E-state index in [1.807, 2.05) is 12.1 Å². The maximum absolute atomic E-state index is 12.0. The first kappa shape index (κ1) is 18.3. The summed E-state index contributed by atoms with van der Waals surface area (Å²) in [6.07, 6.45) is -0.334. The van der Waals surface area contributed by atoms with Crippen molar-refractivity contribution in [3.05, 3.63) is 52.6 Å². The SMILES string of the molecule is COc1ccc(OCC(=O)NC[C@H]2COc3ccccc3O2)c([N+](=O)[O-])c1. The van der Waals surface area contributed by atoms with Crippen LogP contribution in [0.15, 0.2) is 42.5 Å². The molecule has 0 unspecified atom stereocenters. The van der Waals surface area contributed by atoms with Gasteiger partial charge < -0.3 is 24.3 Å². The molecule has 0 saturated heterocycles. The van der Waals surface area contributed by atoms with Crippen molar-refractivity contribution >= 4 is 11.6 Å². The Morgan fingerprint density at radius 3 is 2.81 bits per heavy atom. The number of carbonyl (C=O) groups excluding carboxylic acids is 1. The molecule has 1 heterocycles. The fraction of sp³-hybridized carbons (Fsp3) is 0.278. The van der Waals surface area contributed by atoms with Gasteiger partial charge in [-0.2, -0.15) is 0 Å². The number of methoxy groups -OCH3 is 1. The molecule has 2 aromatic rings. The number of hydrogen-bond acceptors (Lipinski definition) is 7. The molecule has 0 radical (unpaired) electrons. The van der Waals surface area contributed by atoms with E-state index < -0.39 is 10.8 Å². The van der Waals surface area contributed by atoms with Crippen LogP contribution < -0.4 is 24.3 Å². The third-order valence-corrected chi connectivity index (χ3v) is 3.82. The van der Waals surface area contributed by atoms with Gasteiger partial charge in [-0.05, 0) is 24.3 Å². The molecule has 1 N–H and O–H groups in total. The van der Waals surface area contributed by atoms with Crippen LogP contribution in [0.3, 0.4) is 0 Å². The first-order chi connectivity index (χ1) is 13.1. The van der Waals surface area contributed by atoms with E-state index in [1.165, 1.54) is 25.3 Å². The van der Waals surface area contributed by atoms with E-state index in [0.717, 1.165) is 0 Å². The highest BCUT2D eigenvalue weighted by molar-refractivity contribution is 5.77. The summed E-state index contributed by atoms with van der Waals surface area (Å²) >= 11 is 0. The first-order valence-electron chi connectivity index (χ1n) is 8.17. The van der Waals surface area contributed by atoms with Crippen LogP contribution in [0, 0.1) is 10.1 Å². The molecule has 1 aliphatic heterocycles. The number of hydrogen-bond donors (Lipinski definition) is 1. The smallest absolute Gasteiger partial charge is 0.314 e. The van der Waals surface area contributed by atoms with Crippen LogP contribution in [0.5, 0.6) is 23.0 Å². The normalized spacial score (nSPS) is 14.9. The van der Waals surface area contributed by atoms with Gasteiger partial charge in [-0.15, -0.1) is 0 Å². The summed E-state index contributed by atoms with van der Waals surface area (Å²) in [5.74, 6) is 1.17.